The average molecular weight is 284 g/mol. The molecule has 0 spiro atoms. The molecule has 0 saturated carbocycles. The number of hydrogen-bond donors (Lipinski definition) is 1. The Morgan fingerprint density at radius 2 is 2.15 bits per heavy atom. The van der Waals surface area contributed by atoms with Gasteiger partial charge in [-0.1, -0.05) is 6.42 Å². The number of rotatable bonds is 5. The summed E-state index contributed by atoms with van der Waals surface area (Å²) in [6.07, 6.45) is 5.02. The van der Waals surface area contributed by atoms with Gasteiger partial charge in [-0.2, -0.15) is 0 Å². The molecule has 2 aliphatic rings. The predicted octanol–water partition coefficient (Wildman–Crippen LogP) is 0.309. The van der Waals surface area contributed by atoms with Gasteiger partial charge in [0.05, 0.1) is 19.8 Å². The minimum Gasteiger partial charge on any atom is -0.468 e. The van der Waals surface area contributed by atoms with Crippen LogP contribution in [0, 0.1) is 0 Å². The zero-order valence-corrected chi connectivity index (χ0v) is 12.1. The summed E-state index contributed by atoms with van der Waals surface area (Å²) in [7, 11) is 1.40. The van der Waals surface area contributed by atoms with Crippen LogP contribution in [0.2, 0.25) is 0 Å². The van der Waals surface area contributed by atoms with E-state index in [2.05, 4.69) is 5.32 Å². The lowest BCUT2D eigenvalue weighted by molar-refractivity contribution is -0.148. The lowest BCUT2D eigenvalue weighted by atomic mass is 10.0. The SMILES string of the molecule is COC(=O)[C@H]1CCCCN1CC(=O)NCC1CCCO1. The second-order valence-corrected chi connectivity index (χ2v) is 5.44. The summed E-state index contributed by atoms with van der Waals surface area (Å²) in [5, 5.41) is 2.89. The zero-order valence-electron chi connectivity index (χ0n) is 12.1. The van der Waals surface area contributed by atoms with Crippen molar-refractivity contribution in [3.05, 3.63) is 0 Å². The molecule has 2 aliphatic heterocycles. The van der Waals surface area contributed by atoms with E-state index in [0.29, 0.717) is 6.54 Å². The molecule has 114 valence electrons. The standard InChI is InChI=1S/C14H24N2O4/c1-19-14(18)12-6-2-3-7-16(12)10-13(17)15-9-11-5-4-8-20-11/h11-12H,2-10H2,1H3,(H,15,17)/t11?,12-/m1/s1. The highest BCUT2D eigenvalue weighted by molar-refractivity contribution is 5.80. The summed E-state index contributed by atoms with van der Waals surface area (Å²) in [4.78, 5) is 25.6. The third-order valence-electron chi connectivity index (χ3n) is 3.98. The number of piperidine rings is 1. The fourth-order valence-electron chi connectivity index (χ4n) is 2.86. The molecule has 2 saturated heterocycles. The Kier molecular flexibility index (Phi) is 5.79. The van der Waals surface area contributed by atoms with Crippen LogP contribution < -0.4 is 5.32 Å². The van der Waals surface area contributed by atoms with Crippen LogP contribution in [-0.4, -0.2) is 62.3 Å². The Bertz CT molecular complexity index is 342. The third-order valence-corrected chi connectivity index (χ3v) is 3.98. The van der Waals surface area contributed by atoms with Crippen molar-refractivity contribution in [3.63, 3.8) is 0 Å². The monoisotopic (exact) mass is 284 g/mol. The maximum atomic E-state index is 12.0. The summed E-state index contributed by atoms with van der Waals surface area (Å²) < 4.78 is 10.3. The van der Waals surface area contributed by atoms with Crippen LogP contribution in [0.1, 0.15) is 32.1 Å². The van der Waals surface area contributed by atoms with Gasteiger partial charge in [0, 0.05) is 13.2 Å². The Hall–Kier alpha value is -1.14. The molecular formula is C14H24N2O4. The normalized spacial score (nSPS) is 27.2. The zero-order chi connectivity index (χ0) is 14.4. The van der Waals surface area contributed by atoms with Gasteiger partial charge in [0.1, 0.15) is 6.04 Å². The molecule has 1 amide bonds. The summed E-state index contributed by atoms with van der Waals surface area (Å²) in [6.45, 7) is 2.38. The number of nitrogens with zero attached hydrogens (tertiary/aromatic N) is 1. The summed E-state index contributed by atoms with van der Waals surface area (Å²) in [6, 6.07) is -0.276. The van der Waals surface area contributed by atoms with Crippen LogP contribution in [0.25, 0.3) is 0 Å². The van der Waals surface area contributed by atoms with Crippen molar-refractivity contribution < 1.29 is 19.1 Å². The molecule has 0 aliphatic carbocycles. The first-order valence-electron chi connectivity index (χ1n) is 7.41. The van der Waals surface area contributed by atoms with Crippen LogP contribution in [0.5, 0.6) is 0 Å². The Morgan fingerprint density at radius 1 is 1.30 bits per heavy atom. The Morgan fingerprint density at radius 3 is 2.85 bits per heavy atom. The van der Waals surface area contributed by atoms with Gasteiger partial charge in [-0.3, -0.25) is 14.5 Å². The number of hydrogen-bond acceptors (Lipinski definition) is 5. The highest BCUT2D eigenvalue weighted by Gasteiger charge is 2.30. The van der Waals surface area contributed by atoms with Gasteiger partial charge in [-0.15, -0.1) is 0 Å². The van der Waals surface area contributed by atoms with Crippen LogP contribution in [0.3, 0.4) is 0 Å². The predicted molar refractivity (Wildman–Crippen MR) is 73.2 cm³/mol. The molecule has 0 aromatic heterocycles. The van der Waals surface area contributed by atoms with Crippen LogP contribution in [0.4, 0.5) is 0 Å². The van der Waals surface area contributed by atoms with Gasteiger partial charge in [0.15, 0.2) is 0 Å². The number of nitrogens with one attached hydrogen (secondary N) is 1. The van der Waals surface area contributed by atoms with E-state index >= 15 is 0 Å². The average Bonchev–Trinajstić information content (AvgIpc) is 2.98. The fraction of sp³-hybridized carbons (Fsp3) is 0.857. The van der Waals surface area contributed by atoms with Gasteiger partial charge in [-0.05, 0) is 32.2 Å². The van der Waals surface area contributed by atoms with E-state index in [4.69, 9.17) is 9.47 Å². The number of esters is 1. The molecule has 2 heterocycles. The first kappa shape index (κ1) is 15.3. The van der Waals surface area contributed by atoms with E-state index in [1.54, 1.807) is 0 Å². The Balaban J connectivity index is 1.77. The summed E-state index contributed by atoms with van der Waals surface area (Å²) >= 11 is 0. The van der Waals surface area contributed by atoms with Crippen LogP contribution in [-0.2, 0) is 19.1 Å². The number of carbonyl (C=O) groups is 2. The fourth-order valence-corrected chi connectivity index (χ4v) is 2.86. The Labute approximate surface area is 119 Å². The highest BCUT2D eigenvalue weighted by Crippen LogP contribution is 2.17. The number of likely N-dealkylation sites (tertiary alicyclic amines) is 1. The van der Waals surface area contributed by atoms with E-state index < -0.39 is 0 Å². The van der Waals surface area contributed by atoms with Crippen molar-refractivity contribution in [1.29, 1.82) is 0 Å². The first-order valence-corrected chi connectivity index (χ1v) is 7.41. The largest absolute Gasteiger partial charge is 0.468 e. The van der Waals surface area contributed by atoms with Gasteiger partial charge >= 0.3 is 5.97 Å². The van der Waals surface area contributed by atoms with E-state index in [1.165, 1.54) is 7.11 Å². The van der Waals surface area contributed by atoms with Crippen molar-refractivity contribution >= 4 is 11.9 Å². The van der Waals surface area contributed by atoms with Crippen LogP contribution in [0.15, 0.2) is 0 Å². The van der Waals surface area contributed by atoms with Crippen molar-refractivity contribution in [2.24, 2.45) is 0 Å². The lowest BCUT2D eigenvalue weighted by Gasteiger charge is -2.33. The maximum absolute atomic E-state index is 12.0. The number of carbonyl (C=O) groups excluding carboxylic acids is 2. The third kappa shape index (κ3) is 4.18. The van der Waals surface area contributed by atoms with Gasteiger partial charge in [0.2, 0.25) is 5.91 Å². The first-order chi connectivity index (χ1) is 9.70. The van der Waals surface area contributed by atoms with Crippen LogP contribution >= 0.6 is 0 Å². The molecule has 6 heteroatoms. The molecule has 1 unspecified atom stereocenters. The lowest BCUT2D eigenvalue weighted by Crippen LogP contribution is -2.50. The van der Waals surface area contributed by atoms with E-state index in [9.17, 15) is 9.59 Å². The van der Waals surface area contributed by atoms with E-state index in [-0.39, 0.29) is 30.6 Å². The molecule has 0 radical (unpaired) electrons. The van der Waals surface area contributed by atoms with Gasteiger partial charge < -0.3 is 14.8 Å². The molecule has 0 aromatic carbocycles. The quantitative estimate of drug-likeness (QED) is 0.736. The molecule has 2 rings (SSSR count). The van der Waals surface area contributed by atoms with E-state index in [1.807, 2.05) is 4.90 Å². The molecule has 2 atom stereocenters. The second-order valence-electron chi connectivity index (χ2n) is 5.44. The van der Waals surface area contributed by atoms with Crippen molar-refractivity contribution in [1.82, 2.24) is 10.2 Å². The molecule has 2 fully saturated rings. The topological polar surface area (TPSA) is 67.9 Å². The summed E-state index contributed by atoms with van der Waals surface area (Å²) in [5.74, 6) is -0.284. The van der Waals surface area contributed by atoms with Crippen molar-refractivity contribution in [2.45, 2.75) is 44.2 Å². The van der Waals surface area contributed by atoms with Crippen molar-refractivity contribution in [3.8, 4) is 0 Å². The van der Waals surface area contributed by atoms with Crippen molar-refractivity contribution in [2.75, 3.05) is 33.4 Å². The molecule has 20 heavy (non-hydrogen) atoms. The van der Waals surface area contributed by atoms with Gasteiger partial charge in [0.25, 0.3) is 0 Å². The molecule has 6 nitrogen and oxygen atoms in total. The smallest absolute Gasteiger partial charge is 0.323 e. The number of methoxy groups -OCH3 is 1. The number of ether oxygens (including phenoxy) is 2. The highest BCUT2D eigenvalue weighted by atomic mass is 16.5. The van der Waals surface area contributed by atoms with E-state index in [0.717, 1.165) is 45.3 Å². The maximum Gasteiger partial charge on any atom is 0.323 e. The number of amides is 1. The minimum absolute atomic E-state index is 0.0451. The molecule has 1 N–H and O–H groups in total. The molecular weight excluding hydrogens is 260 g/mol. The molecule has 0 bridgehead atoms. The van der Waals surface area contributed by atoms with Gasteiger partial charge in [-0.25, -0.2) is 0 Å². The minimum atomic E-state index is -0.276. The molecule has 0 aromatic rings. The summed E-state index contributed by atoms with van der Waals surface area (Å²) in [5.41, 5.74) is 0. The second kappa shape index (κ2) is 7.59.